The Morgan fingerprint density at radius 1 is 1.03 bits per heavy atom. The lowest BCUT2D eigenvalue weighted by Crippen LogP contribution is -2.08. The Balaban J connectivity index is 1.58. The van der Waals surface area contributed by atoms with Crippen molar-refractivity contribution in [2.45, 2.75) is 20.3 Å². The number of aryl methyl sites for hydroxylation is 3. The molecule has 4 aromatic rings. The van der Waals surface area contributed by atoms with Crippen molar-refractivity contribution < 1.29 is 4.79 Å². The van der Waals surface area contributed by atoms with Crippen LogP contribution in [0.5, 0.6) is 0 Å². The second-order valence-electron chi connectivity index (χ2n) is 6.82. The Labute approximate surface area is 167 Å². The van der Waals surface area contributed by atoms with Crippen LogP contribution in [0.25, 0.3) is 22.6 Å². The molecular formula is C21H19N7O. The Kier molecular flexibility index (Phi) is 4.90. The molecule has 8 nitrogen and oxygen atoms in total. The maximum Gasteiger partial charge on any atom is 0.204 e. The van der Waals surface area contributed by atoms with E-state index >= 15 is 0 Å². The summed E-state index contributed by atoms with van der Waals surface area (Å²) in [6.07, 6.45) is 6.78. The number of nitrogens with zero attached hydrogens (tertiary/aromatic N) is 7. The first kappa shape index (κ1) is 18.5. The van der Waals surface area contributed by atoms with Gasteiger partial charge in [-0.2, -0.15) is 4.80 Å². The predicted octanol–water partition coefficient (Wildman–Crippen LogP) is 2.77. The summed E-state index contributed by atoms with van der Waals surface area (Å²) in [7, 11) is 1.73. The molecule has 4 rings (SSSR count). The van der Waals surface area contributed by atoms with E-state index in [0.717, 1.165) is 27.9 Å². The number of carbonyl (C=O) groups is 1. The summed E-state index contributed by atoms with van der Waals surface area (Å²) in [6, 6.07) is 7.74. The van der Waals surface area contributed by atoms with E-state index in [0.29, 0.717) is 17.1 Å². The first-order chi connectivity index (χ1) is 14.0. The summed E-state index contributed by atoms with van der Waals surface area (Å²) < 4.78 is 0. The van der Waals surface area contributed by atoms with Gasteiger partial charge in [0, 0.05) is 35.3 Å². The number of hydrogen-bond donors (Lipinski definition) is 0. The van der Waals surface area contributed by atoms with E-state index in [1.807, 2.05) is 38.1 Å². The molecule has 29 heavy (non-hydrogen) atoms. The Morgan fingerprint density at radius 2 is 1.90 bits per heavy atom. The lowest BCUT2D eigenvalue weighted by Gasteiger charge is -2.08. The maximum absolute atomic E-state index is 12.5. The van der Waals surface area contributed by atoms with Crippen LogP contribution in [0.1, 0.15) is 27.2 Å². The lowest BCUT2D eigenvalue weighted by molar-refractivity contribution is 0.0991. The molecule has 0 amide bonds. The molecule has 0 bridgehead atoms. The third-order valence-corrected chi connectivity index (χ3v) is 4.67. The van der Waals surface area contributed by atoms with Gasteiger partial charge in [0.25, 0.3) is 0 Å². The Hall–Kier alpha value is -3.81. The van der Waals surface area contributed by atoms with Gasteiger partial charge in [-0.15, -0.1) is 10.2 Å². The highest BCUT2D eigenvalue weighted by atomic mass is 16.1. The molecule has 0 saturated carbocycles. The highest BCUT2D eigenvalue weighted by Gasteiger charge is 2.13. The van der Waals surface area contributed by atoms with E-state index in [1.165, 1.54) is 4.80 Å². The molecule has 1 aromatic carbocycles. The highest BCUT2D eigenvalue weighted by Crippen LogP contribution is 2.26. The van der Waals surface area contributed by atoms with E-state index in [9.17, 15) is 4.79 Å². The number of aromatic nitrogens is 7. The zero-order valence-electron chi connectivity index (χ0n) is 16.4. The van der Waals surface area contributed by atoms with Crippen LogP contribution in [0.15, 0.2) is 49.1 Å². The summed E-state index contributed by atoms with van der Waals surface area (Å²) in [6.45, 7) is 3.90. The average Bonchev–Trinajstić information content (AvgIpc) is 3.16. The third-order valence-electron chi connectivity index (χ3n) is 4.67. The van der Waals surface area contributed by atoms with Crippen molar-refractivity contribution in [1.29, 1.82) is 0 Å². The molecule has 3 aromatic heterocycles. The molecule has 8 heteroatoms. The molecule has 0 aliphatic heterocycles. The standard InChI is InChI=1S/C21H19N7O/c1-13-4-5-15(21-25-27-28(3)26-21)8-17(13)19-12-23-16(10-24-19)9-20(29)18-11-22-7-6-14(18)2/h4-8,10-12H,9H2,1-3H3. The topological polar surface area (TPSA) is 99.3 Å². The van der Waals surface area contributed by atoms with Crippen molar-refractivity contribution in [3.63, 3.8) is 0 Å². The molecule has 3 heterocycles. The van der Waals surface area contributed by atoms with Crippen molar-refractivity contribution in [3.8, 4) is 22.6 Å². The second-order valence-corrected chi connectivity index (χ2v) is 6.82. The highest BCUT2D eigenvalue weighted by molar-refractivity contribution is 5.98. The van der Waals surface area contributed by atoms with Gasteiger partial charge in [-0.3, -0.25) is 19.7 Å². The molecule has 144 valence electrons. The van der Waals surface area contributed by atoms with Crippen LogP contribution in [0.2, 0.25) is 0 Å². The fraction of sp³-hybridized carbons (Fsp3) is 0.190. The monoisotopic (exact) mass is 385 g/mol. The molecule has 0 aliphatic rings. The summed E-state index contributed by atoms with van der Waals surface area (Å²) in [5.74, 6) is 0.528. The van der Waals surface area contributed by atoms with E-state index in [1.54, 1.807) is 31.8 Å². The van der Waals surface area contributed by atoms with Gasteiger partial charge in [0.2, 0.25) is 5.82 Å². The first-order valence-electron chi connectivity index (χ1n) is 9.11. The van der Waals surface area contributed by atoms with Gasteiger partial charge in [0.15, 0.2) is 5.78 Å². The van der Waals surface area contributed by atoms with Crippen LogP contribution in [0.3, 0.4) is 0 Å². The fourth-order valence-corrected chi connectivity index (χ4v) is 3.04. The summed E-state index contributed by atoms with van der Waals surface area (Å²) in [4.78, 5) is 26.9. The number of pyridine rings is 1. The summed E-state index contributed by atoms with van der Waals surface area (Å²) in [5.41, 5.74) is 5.70. The van der Waals surface area contributed by atoms with Crippen molar-refractivity contribution in [2.75, 3.05) is 0 Å². The predicted molar refractivity (Wildman–Crippen MR) is 107 cm³/mol. The van der Waals surface area contributed by atoms with Crippen molar-refractivity contribution in [2.24, 2.45) is 7.05 Å². The molecule has 0 fully saturated rings. The average molecular weight is 385 g/mol. The SMILES string of the molecule is Cc1ccncc1C(=O)Cc1cnc(-c2cc(-c3nnn(C)n3)ccc2C)cn1. The summed E-state index contributed by atoms with van der Waals surface area (Å²) in [5, 5.41) is 12.2. The molecule has 0 unspecified atom stereocenters. The number of benzene rings is 1. The zero-order valence-corrected chi connectivity index (χ0v) is 16.4. The normalized spacial score (nSPS) is 10.9. The second kappa shape index (κ2) is 7.67. The number of carbonyl (C=O) groups excluding carboxylic acids is 1. The quantitative estimate of drug-likeness (QED) is 0.487. The number of Topliss-reactive ketones (excluding diaryl/α,β-unsaturated/α-hetero) is 1. The zero-order chi connectivity index (χ0) is 20.4. The molecule has 0 atom stereocenters. The van der Waals surface area contributed by atoms with Gasteiger partial charge >= 0.3 is 0 Å². The van der Waals surface area contributed by atoms with Gasteiger partial charge in [-0.05, 0) is 42.3 Å². The number of ketones is 1. The Morgan fingerprint density at radius 3 is 2.59 bits per heavy atom. The minimum absolute atomic E-state index is 0.0236. The lowest BCUT2D eigenvalue weighted by atomic mass is 10.0. The number of tetrazole rings is 1. The summed E-state index contributed by atoms with van der Waals surface area (Å²) >= 11 is 0. The van der Waals surface area contributed by atoms with Crippen LogP contribution in [-0.4, -0.2) is 40.9 Å². The fourth-order valence-electron chi connectivity index (χ4n) is 3.04. The molecule has 0 spiro atoms. The molecular weight excluding hydrogens is 366 g/mol. The minimum atomic E-state index is -0.0236. The van der Waals surface area contributed by atoms with Crippen LogP contribution in [0, 0.1) is 13.8 Å². The van der Waals surface area contributed by atoms with Crippen molar-refractivity contribution in [3.05, 3.63) is 71.4 Å². The Bertz CT molecular complexity index is 1180. The van der Waals surface area contributed by atoms with Crippen LogP contribution in [0.4, 0.5) is 0 Å². The largest absolute Gasteiger partial charge is 0.294 e. The van der Waals surface area contributed by atoms with E-state index in [2.05, 4.69) is 30.4 Å². The number of hydrogen-bond acceptors (Lipinski definition) is 7. The van der Waals surface area contributed by atoms with Crippen LogP contribution in [-0.2, 0) is 13.5 Å². The van der Waals surface area contributed by atoms with Crippen LogP contribution < -0.4 is 0 Å². The van der Waals surface area contributed by atoms with Crippen molar-refractivity contribution in [1.82, 2.24) is 35.2 Å². The van der Waals surface area contributed by atoms with E-state index < -0.39 is 0 Å². The third kappa shape index (κ3) is 3.91. The van der Waals surface area contributed by atoms with Crippen molar-refractivity contribution >= 4 is 5.78 Å². The number of rotatable bonds is 5. The van der Waals surface area contributed by atoms with E-state index in [4.69, 9.17) is 0 Å². The smallest absolute Gasteiger partial charge is 0.204 e. The van der Waals surface area contributed by atoms with Gasteiger partial charge < -0.3 is 0 Å². The minimum Gasteiger partial charge on any atom is -0.294 e. The van der Waals surface area contributed by atoms with Gasteiger partial charge in [0.05, 0.1) is 31.1 Å². The van der Waals surface area contributed by atoms with E-state index in [-0.39, 0.29) is 12.2 Å². The van der Waals surface area contributed by atoms with Crippen LogP contribution >= 0.6 is 0 Å². The van der Waals surface area contributed by atoms with Gasteiger partial charge in [-0.25, -0.2) is 0 Å². The first-order valence-corrected chi connectivity index (χ1v) is 9.11. The molecule has 0 saturated heterocycles. The molecule has 0 radical (unpaired) electrons. The molecule has 0 N–H and O–H groups in total. The van der Waals surface area contributed by atoms with Gasteiger partial charge in [-0.1, -0.05) is 12.1 Å². The van der Waals surface area contributed by atoms with Gasteiger partial charge in [0.1, 0.15) is 0 Å². The maximum atomic E-state index is 12.5. The molecule has 0 aliphatic carbocycles.